The lowest BCUT2D eigenvalue weighted by atomic mass is 10.1. The van der Waals surface area contributed by atoms with Gasteiger partial charge in [-0.15, -0.1) is 10.2 Å². The molecule has 1 aliphatic rings. The van der Waals surface area contributed by atoms with Crippen LogP contribution in [0.15, 0.2) is 47.6 Å². The number of nitrogens with one attached hydrogen (secondary N) is 2. The van der Waals surface area contributed by atoms with Gasteiger partial charge in [0.15, 0.2) is 5.16 Å². The molecular formula is C22H22ClN5O2S. The van der Waals surface area contributed by atoms with Crippen LogP contribution in [0.25, 0.3) is 5.69 Å². The zero-order chi connectivity index (χ0) is 22.0. The zero-order valence-corrected chi connectivity index (χ0v) is 18.8. The lowest BCUT2D eigenvalue weighted by Crippen LogP contribution is -2.53. The minimum absolute atomic E-state index is 0.205. The molecule has 1 saturated heterocycles. The number of carbonyl (C=O) groups is 2. The van der Waals surface area contributed by atoms with Crippen LogP contribution in [0.2, 0.25) is 5.02 Å². The molecule has 4 rings (SSSR count). The Kier molecular flexibility index (Phi) is 6.29. The van der Waals surface area contributed by atoms with Gasteiger partial charge < -0.3 is 5.32 Å². The summed E-state index contributed by atoms with van der Waals surface area (Å²) >= 11 is 7.68. The topological polar surface area (TPSA) is 88.9 Å². The van der Waals surface area contributed by atoms with Crippen LogP contribution in [0.3, 0.4) is 0 Å². The summed E-state index contributed by atoms with van der Waals surface area (Å²) in [4.78, 5) is 23.5. The largest absolute Gasteiger partial charge is 0.334 e. The summed E-state index contributed by atoms with van der Waals surface area (Å²) in [5.74, 6) is 1.09. The number of aryl methyl sites for hydroxylation is 2. The van der Waals surface area contributed by atoms with Crippen LogP contribution in [0.4, 0.5) is 4.79 Å². The summed E-state index contributed by atoms with van der Waals surface area (Å²) < 4.78 is 2.02. The molecule has 0 bridgehead atoms. The van der Waals surface area contributed by atoms with E-state index in [1.54, 1.807) is 11.8 Å². The number of amides is 3. The number of urea groups is 1. The Hall–Kier alpha value is -2.84. The molecule has 3 amide bonds. The molecule has 2 heterocycles. The highest BCUT2D eigenvalue weighted by Gasteiger charge is 2.27. The molecule has 7 nitrogen and oxygen atoms in total. The maximum atomic E-state index is 11.8. The smallest absolute Gasteiger partial charge is 0.321 e. The molecule has 1 aromatic heterocycles. The van der Waals surface area contributed by atoms with Gasteiger partial charge >= 0.3 is 6.03 Å². The molecule has 1 unspecified atom stereocenters. The fourth-order valence-corrected chi connectivity index (χ4v) is 4.64. The normalized spacial score (nSPS) is 16.2. The van der Waals surface area contributed by atoms with Gasteiger partial charge in [-0.05, 0) is 48.7 Å². The van der Waals surface area contributed by atoms with Gasteiger partial charge in [-0.1, -0.05) is 47.6 Å². The van der Waals surface area contributed by atoms with Crippen molar-refractivity contribution in [3.8, 4) is 5.69 Å². The highest BCUT2D eigenvalue weighted by Crippen LogP contribution is 2.29. The number of rotatable bonds is 6. The second kappa shape index (κ2) is 9.11. The molecule has 0 radical (unpaired) electrons. The van der Waals surface area contributed by atoms with E-state index in [-0.39, 0.29) is 18.4 Å². The maximum Gasteiger partial charge on any atom is 0.321 e. The Morgan fingerprint density at radius 3 is 2.77 bits per heavy atom. The summed E-state index contributed by atoms with van der Waals surface area (Å²) in [7, 11) is 0. The van der Waals surface area contributed by atoms with Gasteiger partial charge in [-0.3, -0.25) is 14.7 Å². The van der Waals surface area contributed by atoms with Gasteiger partial charge in [-0.2, -0.15) is 0 Å². The van der Waals surface area contributed by atoms with Gasteiger partial charge in [0.2, 0.25) is 5.91 Å². The van der Waals surface area contributed by atoms with E-state index in [2.05, 4.69) is 39.0 Å². The van der Waals surface area contributed by atoms with Crippen molar-refractivity contribution < 1.29 is 9.59 Å². The van der Waals surface area contributed by atoms with Crippen LogP contribution in [0.5, 0.6) is 0 Å². The molecule has 0 spiro atoms. The van der Waals surface area contributed by atoms with Crippen molar-refractivity contribution in [2.75, 3.05) is 0 Å². The van der Waals surface area contributed by atoms with Crippen LogP contribution in [-0.2, 0) is 17.0 Å². The molecular weight excluding hydrogens is 434 g/mol. The monoisotopic (exact) mass is 455 g/mol. The average molecular weight is 456 g/mol. The molecule has 2 N–H and O–H groups in total. The van der Waals surface area contributed by atoms with Crippen molar-refractivity contribution >= 4 is 35.3 Å². The molecule has 31 heavy (non-hydrogen) atoms. The first-order valence-electron chi connectivity index (χ1n) is 9.88. The van der Waals surface area contributed by atoms with E-state index >= 15 is 0 Å². The standard InChI is InChI=1S/C22H22ClN5O2S/c1-13-6-7-14(2)18(8-13)28-19(10-17-11-20(29)25-21(30)24-17)26-27-22(28)31-12-15-4-3-5-16(23)9-15/h3-9,17H,10-12H2,1-2H3,(H2,24,25,29,30). The number of benzene rings is 2. The third kappa shape index (κ3) is 5.08. The van der Waals surface area contributed by atoms with Crippen molar-refractivity contribution in [3.63, 3.8) is 0 Å². The van der Waals surface area contributed by atoms with Crippen LogP contribution in [-0.4, -0.2) is 32.7 Å². The number of thioether (sulfide) groups is 1. The minimum Gasteiger partial charge on any atom is -0.334 e. The van der Waals surface area contributed by atoms with Crippen molar-refractivity contribution in [2.45, 2.75) is 43.6 Å². The molecule has 160 valence electrons. The molecule has 1 atom stereocenters. The minimum atomic E-state index is -0.477. The highest BCUT2D eigenvalue weighted by molar-refractivity contribution is 7.98. The lowest BCUT2D eigenvalue weighted by molar-refractivity contribution is -0.121. The number of halogens is 1. The van der Waals surface area contributed by atoms with E-state index < -0.39 is 6.03 Å². The van der Waals surface area contributed by atoms with Crippen LogP contribution < -0.4 is 10.6 Å². The molecule has 0 aliphatic carbocycles. The van der Waals surface area contributed by atoms with Crippen molar-refractivity contribution in [2.24, 2.45) is 0 Å². The summed E-state index contributed by atoms with van der Waals surface area (Å²) in [5.41, 5.74) is 4.28. The molecule has 3 aromatic rings. The number of nitrogens with zero attached hydrogens (tertiary/aromatic N) is 3. The maximum absolute atomic E-state index is 11.8. The number of aromatic nitrogens is 3. The predicted octanol–water partition coefficient (Wildman–Crippen LogP) is 3.97. The Balaban J connectivity index is 1.67. The quantitative estimate of drug-likeness (QED) is 0.549. The zero-order valence-electron chi connectivity index (χ0n) is 17.2. The van der Waals surface area contributed by atoms with Crippen molar-refractivity contribution in [1.82, 2.24) is 25.4 Å². The van der Waals surface area contributed by atoms with E-state index in [1.165, 1.54) is 0 Å². The van der Waals surface area contributed by atoms with Crippen LogP contribution in [0.1, 0.15) is 28.9 Å². The van der Waals surface area contributed by atoms with E-state index in [1.807, 2.05) is 42.7 Å². The SMILES string of the molecule is Cc1ccc(C)c(-n2c(CC3CC(=O)NC(=O)N3)nnc2SCc2cccc(Cl)c2)c1. The predicted molar refractivity (Wildman–Crippen MR) is 121 cm³/mol. The Morgan fingerprint density at radius 1 is 1.16 bits per heavy atom. The van der Waals surface area contributed by atoms with Gasteiger partial charge in [0.25, 0.3) is 0 Å². The number of hydrogen-bond acceptors (Lipinski definition) is 5. The van der Waals surface area contributed by atoms with Crippen LogP contribution in [0, 0.1) is 13.8 Å². The van der Waals surface area contributed by atoms with Crippen molar-refractivity contribution in [1.29, 1.82) is 0 Å². The van der Waals surface area contributed by atoms with E-state index in [4.69, 9.17) is 11.6 Å². The Morgan fingerprint density at radius 2 is 2.00 bits per heavy atom. The third-order valence-corrected chi connectivity index (χ3v) is 6.25. The van der Waals surface area contributed by atoms with Gasteiger partial charge in [-0.25, -0.2) is 4.79 Å². The fraction of sp³-hybridized carbons (Fsp3) is 0.273. The Bertz CT molecular complexity index is 1130. The Labute approximate surface area is 189 Å². The highest BCUT2D eigenvalue weighted by atomic mass is 35.5. The number of carbonyl (C=O) groups excluding carboxylic acids is 2. The first-order chi connectivity index (χ1) is 14.9. The summed E-state index contributed by atoms with van der Waals surface area (Å²) in [6.07, 6.45) is 0.605. The van der Waals surface area contributed by atoms with Gasteiger partial charge in [0, 0.05) is 29.7 Å². The van der Waals surface area contributed by atoms with Crippen LogP contribution >= 0.6 is 23.4 Å². The lowest BCUT2D eigenvalue weighted by Gasteiger charge is -2.23. The summed E-state index contributed by atoms with van der Waals surface area (Å²) in [6, 6.07) is 13.1. The third-order valence-electron chi connectivity index (χ3n) is 5.01. The van der Waals surface area contributed by atoms with E-state index in [0.717, 1.165) is 27.5 Å². The first-order valence-corrected chi connectivity index (χ1v) is 11.2. The number of imide groups is 1. The average Bonchev–Trinajstić information content (AvgIpc) is 3.09. The van der Waals surface area contributed by atoms with Gasteiger partial charge in [0.1, 0.15) is 5.82 Å². The molecule has 0 saturated carbocycles. The second-order valence-corrected chi connectivity index (χ2v) is 8.95. The number of hydrogen-bond donors (Lipinski definition) is 2. The molecule has 2 aromatic carbocycles. The molecule has 1 aliphatic heterocycles. The first kappa shape index (κ1) is 21.4. The fourth-order valence-electron chi connectivity index (χ4n) is 3.52. The second-order valence-electron chi connectivity index (χ2n) is 7.57. The van der Waals surface area contributed by atoms with Crippen molar-refractivity contribution in [3.05, 3.63) is 70.0 Å². The summed E-state index contributed by atoms with van der Waals surface area (Å²) in [5, 5.41) is 15.4. The van der Waals surface area contributed by atoms with Gasteiger partial charge in [0.05, 0.1) is 5.69 Å². The molecule has 1 fully saturated rings. The summed E-state index contributed by atoms with van der Waals surface area (Å²) in [6.45, 7) is 4.08. The van der Waals surface area contributed by atoms with E-state index in [9.17, 15) is 9.59 Å². The molecule has 9 heteroatoms. The van der Waals surface area contributed by atoms with E-state index in [0.29, 0.717) is 23.0 Å².